The van der Waals surface area contributed by atoms with Crippen LogP contribution in [0, 0.1) is 4.77 Å². The van der Waals surface area contributed by atoms with Gasteiger partial charge in [0.1, 0.15) is 0 Å². The zero-order valence-corrected chi connectivity index (χ0v) is 63.4. The van der Waals surface area contributed by atoms with E-state index in [1.807, 2.05) is 13.8 Å². The molecule has 0 saturated heterocycles. The average Bonchev–Trinajstić information content (AvgIpc) is 3.66. The Labute approximate surface area is 549 Å². The fraction of sp³-hybridized carbons (Fsp3) is 0.462. The van der Waals surface area contributed by atoms with Gasteiger partial charge < -0.3 is 32.3 Å². The van der Waals surface area contributed by atoms with Gasteiger partial charge in [-0.05, 0) is 105 Å². The van der Waals surface area contributed by atoms with Gasteiger partial charge in [0.25, 0.3) is 0 Å². The van der Waals surface area contributed by atoms with Gasteiger partial charge in [-0.15, -0.1) is 11.6 Å². The minimum atomic E-state index is -1.92. The number of thioether (sulfide) groups is 5. The Kier molecular flexibility index (Phi) is 37.6. The van der Waals surface area contributed by atoms with E-state index < -0.39 is 49.9 Å². The molecule has 6 heterocycles. The van der Waals surface area contributed by atoms with E-state index in [1.54, 1.807) is 83.6 Å². The smallest absolute Gasteiger partial charge is 0.201 e. The minimum Gasteiger partial charge on any atom is -0.454 e. The summed E-state index contributed by atoms with van der Waals surface area (Å²) in [5, 5.41) is 25.9. The largest absolute Gasteiger partial charge is 0.454 e. The summed E-state index contributed by atoms with van der Waals surface area (Å²) in [5.41, 5.74) is 4.08. The molecule has 0 aromatic carbocycles. The number of carbonyl (C=O) groups excluding carboxylic acids is 4. The summed E-state index contributed by atoms with van der Waals surface area (Å²) >= 11 is 18.2. The van der Waals surface area contributed by atoms with Crippen LogP contribution in [-0.2, 0) is 30.3 Å². The van der Waals surface area contributed by atoms with Crippen molar-refractivity contribution in [3.63, 3.8) is 0 Å². The summed E-state index contributed by atoms with van der Waals surface area (Å²) in [6, 6.07) is 0. The number of halogens is 1. The van der Waals surface area contributed by atoms with E-state index in [0.717, 1.165) is 59.0 Å². The number of aliphatic hydroxyl groups is 2. The second-order valence-corrected chi connectivity index (χ2v) is 55.8. The van der Waals surface area contributed by atoms with E-state index in [-0.39, 0.29) is 13.2 Å². The number of H-pyrrole nitrogens is 1. The number of aromatic amines is 1. The summed E-state index contributed by atoms with van der Waals surface area (Å²) < 4.78 is 24.7. The van der Waals surface area contributed by atoms with Gasteiger partial charge in [0.05, 0.1) is 29.9 Å². The van der Waals surface area contributed by atoms with Crippen LogP contribution in [0.4, 0.5) is 0 Å². The molecule has 6 aromatic rings. The summed E-state index contributed by atoms with van der Waals surface area (Å²) in [6.07, 6.45) is 21.7. The van der Waals surface area contributed by atoms with Crippen LogP contribution in [0.5, 0.6) is 0 Å². The monoisotopic (exact) mass is 1430 g/mol. The standard InChI is InChI=1S/C16H26N4O3S2Si2.C16H22N4O3S2Si2.C10H16N2O2SSi.C5H13ClOSi.C5H4N2OS/c2*1-26(2,11-24-15-17-5-13(9-21)6-18-15)23-27(3,4)12-25-16-19-7-14(10-22)8-20-16;1-4-14-16(2,3)8-15-10-11-5-9(7-13)6-12-10;1-4-7-8(2,3)5-6;8-3-4-1-6-5(9)7-2-4/h5-8,21-22H,9-12H2,1-4H3;5-10H,11-12H2,1-4H3;5-7H,4,8H2,1-3H3;4-5H2,1-3H3;1-3H,(H,6,7,9). The molecule has 0 saturated carbocycles. The third-order valence-electron chi connectivity index (χ3n) is 10.2. The maximum absolute atomic E-state index is 10.7. The Hall–Kier alpha value is -3.52. The van der Waals surface area contributed by atoms with E-state index in [1.165, 1.54) is 49.6 Å². The number of hydrogen-bond acceptors (Lipinski definition) is 27. The van der Waals surface area contributed by atoms with E-state index in [2.05, 4.69) is 151 Å². The predicted molar refractivity (Wildman–Crippen MR) is 368 cm³/mol. The molecule has 0 radical (unpaired) electrons. The number of aldehydes is 4. The maximum Gasteiger partial charge on any atom is 0.201 e. The highest BCUT2D eigenvalue weighted by molar-refractivity contribution is 8.01. The zero-order chi connectivity index (χ0) is 65.2. The molecule has 87 heavy (non-hydrogen) atoms. The molecule has 0 unspecified atom stereocenters. The topological polar surface area (TPSA) is 303 Å². The van der Waals surface area contributed by atoms with Crippen LogP contribution in [0.25, 0.3) is 0 Å². The lowest BCUT2D eigenvalue weighted by Gasteiger charge is -2.33. The molecule has 0 aliphatic rings. The fourth-order valence-electron chi connectivity index (χ4n) is 6.47. The number of carbonyl (C=O) groups is 4. The molecule has 6 aromatic heterocycles. The van der Waals surface area contributed by atoms with E-state index in [9.17, 15) is 19.2 Å². The molecule has 0 atom stereocenters. The number of aliphatic hydroxyl groups excluding tert-OH is 2. The predicted octanol–water partition coefficient (Wildman–Crippen LogP) is 11.0. The molecule has 476 valence electrons. The van der Waals surface area contributed by atoms with Crippen molar-refractivity contribution in [2.45, 2.75) is 131 Å². The van der Waals surface area contributed by atoms with Gasteiger partial charge >= 0.3 is 0 Å². The highest BCUT2D eigenvalue weighted by Gasteiger charge is 2.35. The van der Waals surface area contributed by atoms with Crippen LogP contribution in [-0.4, -0.2) is 191 Å². The molecule has 3 N–H and O–H groups in total. The van der Waals surface area contributed by atoms with Gasteiger partial charge in [-0.2, -0.15) is 0 Å². The Morgan fingerprint density at radius 3 is 0.897 bits per heavy atom. The van der Waals surface area contributed by atoms with Gasteiger partial charge in [0.2, 0.25) is 8.32 Å². The highest BCUT2D eigenvalue weighted by Crippen LogP contribution is 2.28. The highest BCUT2D eigenvalue weighted by atomic mass is 35.5. The first-order valence-electron chi connectivity index (χ1n) is 27.0. The van der Waals surface area contributed by atoms with Crippen LogP contribution in [0.1, 0.15) is 66.4 Å². The lowest BCUT2D eigenvalue weighted by atomic mass is 10.4. The molecule has 6 rings (SSSR count). The van der Waals surface area contributed by atoms with Crippen LogP contribution in [0.2, 0.25) is 78.6 Å². The SMILES string of the molecule is CCO[Si](C)(C)CCl.CCO[Si](C)(C)CSc1ncc(C=O)cn1.C[Si](C)(CSc1ncc(C=O)cn1)O[Si](C)(C)CSc1ncc(C=O)cn1.C[Si](C)(CSc1ncc(CO)cn1)O[Si](C)(C)CSc1ncc(CO)cn1.O=Cc1cnc(=S)[nH]c1. The van der Waals surface area contributed by atoms with Crippen LogP contribution >= 0.6 is 82.6 Å². The summed E-state index contributed by atoms with van der Waals surface area (Å²) in [4.78, 5) is 90.1. The molecular formula is C52H81ClN12O10S6Si6. The summed E-state index contributed by atoms with van der Waals surface area (Å²) in [5.74, 6) is 0. The normalized spacial score (nSPS) is 11.7. The molecular weight excluding hydrogens is 1350 g/mol. The zero-order valence-electron chi connectivity index (χ0n) is 51.7. The molecule has 0 aliphatic carbocycles. The van der Waals surface area contributed by atoms with E-state index in [0.29, 0.717) is 75.7 Å². The van der Waals surface area contributed by atoms with Crippen LogP contribution in [0.15, 0.2) is 100 Å². The Morgan fingerprint density at radius 2 is 0.678 bits per heavy atom. The van der Waals surface area contributed by atoms with Crippen LogP contribution in [0.3, 0.4) is 0 Å². The molecule has 0 spiro atoms. The number of hydrogen-bond donors (Lipinski definition) is 3. The Balaban J connectivity index is 0.000000400. The summed E-state index contributed by atoms with van der Waals surface area (Å²) in [7, 11) is -10.6. The van der Waals surface area contributed by atoms with Gasteiger partial charge in [0, 0.05) is 137 Å². The molecule has 22 nitrogen and oxygen atoms in total. The first kappa shape index (κ1) is 79.6. The number of aromatic nitrogens is 12. The van der Waals surface area contributed by atoms with Gasteiger partial charge in [-0.25, -0.2) is 54.8 Å². The third-order valence-corrected chi connectivity index (χ3v) is 43.1. The van der Waals surface area contributed by atoms with Crippen molar-refractivity contribution in [2.75, 3.05) is 45.6 Å². The Bertz CT molecular complexity index is 2870. The van der Waals surface area contributed by atoms with Crippen molar-refractivity contribution >= 4 is 158 Å². The summed E-state index contributed by atoms with van der Waals surface area (Å²) in [6.45, 7) is 31.7. The second kappa shape index (κ2) is 41.1. The third kappa shape index (κ3) is 36.2. The number of nitrogens with zero attached hydrogens (tertiary/aromatic N) is 11. The lowest BCUT2D eigenvalue weighted by molar-refractivity contribution is 0.111. The lowest BCUT2D eigenvalue weighted by Crippen LogP contribution is -2.48. The van der Waals surface area contributed by atoms with Gasteiger partial charge in [0.15, 0.2) is 97.3 Å². The van der Waals surface area contributed by atoms with Crippen molar-refractivity contribution < 1.29 is 46.5 Å². The molecule has 0 aliphatic heterocycles. The maximum atomic E-state index is 10.7. The first-order chi connectivity index (χ1) is 41.0. The minimum absolute atomic E-state index is 0.0435. The van der Waals surface area contributed by atoms with E-state index >= 15 is 0 Å². The van der Waals surface area contributed by atoms with Crippen molar-refractivity contribution in [3.05, 3.63) is 113 Å². The Morgan fingerprint density at radius 1 is 0.425 bits per heavy atom. The van der Waals surface area contributed by atoms with Crippen molar-refractivity contribution in [1.82, 2.24) is 59.8 Å². The molecule has 35 heteroatoms. The number of rotatable bonds is 30. The molecule has 0 fully saturated rings. The van der Waals surface area contributed by atoms with Crippen molar-refractivity contribution in [2.24, 2.45) is 0 Å². The number of nitrogens with one attached hydrogen (secondary N) is 1. The second-order valence-electron chi connectivity index (χ2n) is 22.0. The first-order valence-corrected chi connectivity index (χ1v) is 51.6. The van der Waals surface area contributed by atoms with Gasteiger partial charge in [-0.3, -0.25) is 19.2 Å². The average molecular weight is 1430 g/mol. The number of alkyl halides is 1. The fourth-order valence-corrected chi connectivity index (χ4v) is 34.6. The van der Waals surface area contributed by atoms with E-state index in [4.69, 9.17) is 38.9 Å². The van der Waals surface area contributed by atoms with Gasteiger partial charge in [-0.1, -0.05) is 58.8 Å². The molecule has 0 amide bonds. The molecule has 0 bridgehead atoms. The van der Waals surface area contributed by atoms with Crippen molar-refractivity contribution in [1.29, 1.82) is 0 Å². The van der Waals surface area contributed by atoms with Crippen LogP contribution < -0.4 is 0 Å². The quantitative estimate of drug-likeness (QED) is 0.00942. The van der Waals surface area contributed by atoms with Crippen molar-refractivity contribution in [3.8, 4) is 0 Å².